The van der Waals surface area contributed by atoms with Gasteiger partial charge < -0.3 is 19.1 Å². The predicted octanol–water partition coefficient (Wildman–Crippen LogP) is 5.72. The van der Waals surface area contributed by atoms with Gasteiger partial charge in [-0.1, -0.05) is 83.9 Å². The molecule has 2 aliphatic rings. The number of carbonyl (C=O) groups is 2. The molecule has 0 saturated carbocycles. The molecule has 3 heterocycles. The number of ether oxygens (including phenoxy) is 2. The normalized spacial score (nSPS) is 20.7. The van der Waals surface area contributed by atoms with Crippen molar-refractivity contribution >= 4 is 35.0 Å². The Kier molecular flexibility index (Phi) is 7.44. The Morgan fingerprint density at radius 1 is 0.850 bits per heavy atom. The van der Waals surface area contributed by atoms with Crippen LogP contribution in [0.3, 0.4) is 0 Å². The highest BCUT2D eigenvalue weighted by Crippen LogP contribution is 2.39. The quantitative estimate of drug-likeness (QED) is 0.282. The first kappa shape index (κ1) is 26.7. The number of hydrogen-bond donors (Lipinski definition) is 1. The summed E-state index contributed by atoms with van der Waals surface area (Å²) in [5, 5.41) is 10.0. The zero-order valence-electron chi connectivity index (χ0n) is 21.2. The molecule has 0 radical (unpaired) electrons. The number of imidazole rings is 1. The number of halogens is 2. The van der Waals surface area contributed by atoms with Gasteiger partial charge in [-0.25, -0.2) is 4.98 Å². The van der Waals surface area contributed by atoms with Crippen LogP contribution in [0.4, 0.5) is 0 Å². The maximum Gasteiger partial charge on any atom is 0.261 e. The van der Waals surface area contributed by atoms with Gasteiger partial charge in [0.15, 0.2) is 11.4 Å². The Hall–Kier alpha value is -3.53. The van der Waals surface area contributed by atoms with E-state index in [2.05, 4.69) is 4.98 Å². The lowest BCUT2D eigenvalue weighted by molar-refractivity contribution is -0.252. The molecule has 2 amide bonds. The van der Waals surface area contributed by atoms with Crippen molar-refractivity contribution in [1.29, 1.82) is 0 Å². The molecule has 3 atom stereocenters. The van der Waals surface area contributed by atoms with Gasteiger partial charge in [-0.05, 0) is 28.8 Å². The van der Waals surface area contributed by atoms with E-state index in [1.54, 1.807) is 35.2 Å². The second kappa shape index (κ2) is 11.2. The average molecular weight is 578 g/mol. The predicted molar refractivity (Wildman–Crippen MR) is 148 cm³/mol. The first-order valence-electron chi connectivity index (χ1n) is 12.8. The van der Waals surface area contributed by atoms with Crippen LogP contribution in [0, 0.1) is 0 Å². The standard InChI is InChI=1S/C30H25Cl2N3O5/c31-26-27(32)34(17-33-26)15-22-13-25(20-9-7-19(16-36)8-10-20)40-30(39-22)21-11-5-18(6-12-21)14-35-28(37)23-3-1-2-4-24(23)29(35)38/h1-12,17,22,25,30,36H,13-16H2. The van der Waals surface area contributed by atoms with E-state index in [0.29, 0.717) is 29.2 Å². The number of fused-ring (bicyclic) bond motifs is 1. The van der Waals surface area contributed by atoms with Gasteiger partial charge in [-0.3, -0.25) is 14.5 Å². The first-order valence-corrected chi connectivity index (χ1v) is 13.6. The van der Waals surface area contributed by atoms with Gasteiger partial charge in [-0.2, -0.15) is 0 Å². The fourth-order valence-corrected chi connectivity index (χ4v) is 5.38. The lowest BCUT2D eigenvalue weighted by Crippen LogP contribution is -2.32. The largest absolute Gasteiger partial charge is 0.392 e. The monoisotopic (exact) mass is 577 g/mol. The molecule has 1 N–H and O–H groups in total. The number of amides is 2. The third-order valence-corrected chi connectivity index (χ3v) is 7.99. The van der Waals surface area contributed by atoms with Gasteiger partial charge in [0.05, 0.1) is 49.4 Å². The minimum atomic E-state index is -0.674. The van der Waals surface area contributed by atoms with Crippen LogP contribution in [0.2, 0.25) is 10.3 Å². The van der Waals surface area contributed by atoms with Crippen LogP contribution in [0.15, 0.2) is 79.1 Å². The zero-order chi connectivity index (χ0) is 27.8. The summed E-state index contributed by atoms with van der Waals surface area (Å²) < 4.78 is 14.5. The third kappa shape index (κ3) is 5.16. The van der Waals surface area contributed by atoms with Gasteiger partial charge in [-0.15, -0.1) is 0 Å². The maximum atomic E-state index is 12.8. The van der Waals surface area contributed by atoms with Crippen molar-refractivity contribution in [3.05, 3.63) is 123 Å². The van der Waals surface area contributed by atoms with Crippen LogP contribution >= 0.6 is 23.2 Å². The Balaban J connectivity index is 1.21. The molecule has 0 spiro atoms. The lowest BCUT2D eigenvalue weighted by atomic mass is 10.00. The Morgan fingerprint density at radius 3 is 2.08 bits per heavy atom. The number of aromatic nitrogens is 2. The topological polar surface area (TPSA) is 93.9 Å². The molecule has 40 heavy (non-hydrogen) atoms. The highest BCUT2D eigenvalue weighted by atomic mass is 35.5. The Labute approximate surface area is 240 Å². The second-order valence-corrected chi connectivity index (χ2v) is 10.5. The summed E-state index contributed by atoms with van der Waals surface area (Å²) in [5.41, 5.74) is 4.24. The van der Waals surface area contributed by atoms with Gasteiger partial charge in [0.25, 0.3) is 11.8 Å². The van der Waals surface area contributed by atoms with Crippen molar-refractivity contribution in [2.45, 2.75) is 44.6 Å². The van der Waals surface area contributed by atoms with E-state index in [1.165, 1.54) is 4.90 Å². The number of imide groups is 1. The zero-order valence-corrected chi connectivity index (χ0v) is 22.8. The van der Waals surface area contributed by atoms with Crippen LogP contribution in [-0.4, -0.2) is 37.5 Å². The highest BCUT2D eigenvalue weighted by molar-refractivity contribution is 6.40. The molecular weight excluding hydrogens is 553 g/mol. The van der Waals surface area contributed by atoms with Gasteiger partial charge in [0.1, 0.15) is 5.15 Å². The number of carbonyl (C=O) groups excluding carboxylic acids is 2. The van der Waals surface area contributed by atoms with Crippen molar-refractivity contribution in [3.63, 3.8) is 0 Å². The van der Waals surface area contributed by atoms with Crippen LogP contribution in [0.1, 0.15) is 61.8 Å². The molecule has 1 aromatic heterocycles. The van der Waals surface area contributed by atoms with Gasteiger partial charge >= 0.3 is 0 Å². The fraction of sp³-hybridized carbons (Fsp3) is 0.233. The summed E-state index contributed by atoms with van der Waals surface area (Å²) in [4.78, 5) is 30.9. The minimum Gasteiger partial charge on any atom is -0.392 e. The van der Waals surface area contributed by atoms with Crippen molar-refractivity contribution in [3.8, 4) is 0 Å². The van der Waals surface area contributed by atoms with Gasteiger partial charge in [0.2, 0.25) is 0 Å². The number of hydrogen-bond acceptors (Lipinski definition) is 6. The summed E-state index contributed by atoms with van der Waals surface area (Å²) in [5.74, 6) is -0.584. The highest BCUT2D eigenvalue weighted by Gasteiger charge is 2.36. The molecule has 10 heteroatoms. The van der Waals surface area contributed by atoms with Crippen molar-refractivity contribution < 1.29 is 24.2 Å². The molecule has 1 saturated heterocycles. The van der Waals surface area contributed by atoms with Crippen molar-refractivity contribution in [2.75, 3.05) is 0 Å². The van der Waals surface area contributed by atoms with E-state index < -0.39 is 6.29 Å². The maximum absolute atomic E-state index is 12.8. The van der Waals surface area contributed by atoms with E-state index in [0.717, 1.165) is 22.3 Å². The molecule has 1 fully saturated rings. The Bertz CT molecular complexity index is 1520. The van der Waals surface area contributed by atoms with Gasteiger partial charge in [0, 0.05) is 12.0 Å². The molecule has 6 rings (SSSR count). The second-order valence-electron chi connectivity index (χ2n) is 9.81. The molecule has 0 bridgehead atoms. The number of benzene rings is 3. The van der Waals surface area contributed by atoms with Crippen molar-refractivity contribution in [2.24, 2.45) is 0 Å². The molecule has 4 aromatic rings. The average Bonchev–Trinajstić information content (AvgIpc) is 3.43. The van der Waals surface area contributed by atoms with E-state index in [1.807, 2.05) is 48.5 Å². The third-order valence-electron chi connectivity index (χ3n) is 7.22. The molecular formula is C30H25Cl2N3O5. The van der Waals surface area contributed by atoms with E-state index in [9.17, 15) is 14.7 Å². The van der Waals surface area contributed by atoms with Crippen LogP contribution in [0.25, 0.3) is 0 Å². The molecule has 0 aliphatic carbocycles. The first-order chi connectivity index (χ1) is 19.4. The number of rotatable bonds is 7. The number of aliphatic hydroxyl groups is 1. The fourth-order valence-electron chi connectivity index (χ4n) is 5.07. The van der Waals surface area contributed by atoms with E-state index >= 15 is 0 Å². The van der Waals surface area contributed by atoms with Crippen LogP contribution in [0.5, 0.6) is 0 Å². The molecule has 3 aromatic carbocycles. The summed E-state index contributed by atoms with van der Waals surface area (Å²) in [6, 6.07) is 22.0. The molecule has 204 valence electrons. The number of nitrogens with zero attached hydrogens (tertiary/aromatic N) is 3. The Morgan fingerprint density at radius 2 is 1.48 bits per heavy atom. The van der Waals surface area contributed by atoms with Crippen LogP contribution < -0.4 is 0 Å². The number of aliphatic hydroxyl groups excluding tert-OH is 1. The van der Waals surface area contributed by atoms with E-state index in [-0.39, 0.29) is 42.3 Å². The summed E-state index contributed by atoms with van der Waals surface area (Å²) in [6.07, 6.45) is 0.943. The molecule has 2 aliphatic heterocycles. The summed E-state index contributed by atoms with van der Waals surface area (Å²) in [7, 11) is 0. The summed E-state index contributed by atoms with van der Waals surface area (Å²) in [6.45, 7) is 0.565. The molecule has 3 unspecified atom stereocenters. The lowest BCUT2D eigenvalue weighted by Gasteiger charge is -2.36. The SMILES string of the molecule is O=C1c2ccccc2C(=O)N1Cc1ccc(C2OC(Cn3cnc(Cl)c3Cl)CC(c3ccc(CO)cc3)O2)cc1. The van der Waals surface area contributed by atoms with Crippen molar-refractivity contribution in [1.82, 2.24) is 14.5 Å². The van der Waals surface area contributed by atoms with E-state index in [4.69, 9.17) is 32.7 Å². The minimum absolute atomic E-state index is 0.0346. The summed E-state index contributed by atoms with van der Waals surface area (Å²) >= 11 is 12.4. The smallest absolute Gasteiger partial charge is 0.261 e. The molecule has 8 nitrogen and oxygen atoms in total. The van der Waals surface area contributed by atoms with Crippen LogP contribution in [-0.2, 0) is 29.2 Å².